The van der Waals surface area contributed by atoms with Crippen LogP contribution < -0.4 is 10.1 Å². The molecule has 0 atom stereocenters. The zero-order valence-corrected chi connectivity index (χ0v) is 10.1. The maximum absolute atomic E-state index is 10.7. The summed E-state index contributed by atoms with van der Waals surface area (Å²) in [5, 5.41) is 6.43. The molecule has 1 N–H and O–H groups in total. The minimum atomic E-state index is -0.140. The molecule has 1 aromatic carbocycles. The molecule has 18 heavy (non-hydrogen) atoms. The first-order valence-electron chi connectivity index (χ1n) is 5.40. The number of amides is 1. The van der Waals surface area contributed by atoms with E-state index in [0.29, 0.717) is 11.7 Å². The van der Waals surface area contributed by atoms with Crippen molar-refractivity contribution >= 4 is 5.91 Å². The van der Waals surface area contributed by atoms with Gasteiger partial charge in [0.05, 0.1) is 13.7 Å². The molecule has 0 radical (unpaired) electrons. The molecule has 0 saturated carbocycles. The first-order chi connectivity index (χ1) is 8.69. The minimum Gasteiger partial charge on any atom is -0.497 e. The molecule has 6 heteroatoms. The molecule has 0 aliphatic carbocycles. The molecule has 0 bridgehead atoms. The fourth-order valence-corrected chi connectivity index (χ4v) is 1.38. The van der Waals surface area contributed by atoms with Gasteiger partial charge >= 0.3 is 0 Å². The normalized spacial score (nSPS) is 10.1. The minimum absolute atomic E-state index is 0.140. The van der Waals surface area contributed by atoms with Crippen molar-refractivity contribution in [3.63, 3.8) is 0 Å². The van der Waals surface area contributed by atoms with E-state index in [0.717, 1.165) is 11.3 Å². The lowest BCUT2D eigenvalue weighted by atomic mass is 10.2. The van der Waals surface area contributed by atoms with E-state index in [-0.39, 0.29) is 12.5 Å². The Labute approximate surface area is 104 Å². The van der Waals surface area contributed by atoms with Crippen LogP contribution in [0.1, 0.15) is 12.8 Å². The van der Waals surface area contributed by atoms with E-state index in [1.54, 1.807) is 7.11 Å². The number of nitrogens with one attached hydrogen (secondary N) is 1. The van der Waals surface area contributed by atoms with Crippen LogP contribution in [-0.2, 0) is 11.3 Å². The van der Waals surface area contributed by atoms with E-state index < -0.39 is 0 Å². The van der Waals surface area contributed by atoms with E-state index >= 15 is 0 Å². The topological polar surface area (TPSA) is 77.3 Å². The Morgan fingerprint density at radius 1 is 1.39 bits per heavy atom. The third kappa shape index (κ3) is 2.85. The Balaban J connectivity index is 2.10. The Morgan fingerprint density at radius 2 is 2.11 bits per heavy atom. The molecule has 0 saturated heterocycles. The summed E-state index contributed by atoms with van der Waals surface area (Å²) >= 11 is 0. The summed E-state index contributed by atoms with van der Waals surface area (Å²) in [5.41, 5.74) is 0.827. The van der Waals surface area contributed by atoms with Crippen molar-refractivity contribution in [3.8, 4) is 17.1 Å². The van der Waals surface area contributed by atoms with Crippen molar-refractivity contribution in [3.05, 3.63) is 30.2 Å². The lowest BCUT2D eigenvalue weighted by Crippen LogP contribution is -2.18. The van der Waals surface area contributed by atoms with Crippen LogP contribution in [0.2, 0.25) is 0 Å². The third-order valence-corrected chi connectivity index (χ3v) is 2.30. The molecule has 2 rings (SSSR count). The summed E-state index contributed by atoms with van der Waals surface area (Å²) in [6.45, 7) is 1.67. The van der Waals surface area contributed by atoms with Crippen LogP contribution in [0, 0.1) is 0 Å². The van der Waals surface area contributed by atoms with E-state index in [1.807, 2.05) is 24.3 Å². The largest absolute Gasteiger partial charge is 0.497 e. The number of carbonyl (C=O) groups is 1. The lowest BCUT2D eigenvalue weighted by Gasteiger charge is -1.99. The zero-order chi connectivity index (χ0) is 13.0. The summed E-state index contributed by atoms with van der Waals surface area (Å²) in [6, 6.07) is 7.32. The van der Waals surface area contributed by atoms with Crippen molar-refractivity contribution in [2.75, 3.05) is 7.11 Å². The quantitative estimate of drug-likeness (QED) is 0.883. The second kappa shape index (κ2) is 5.31. The number of nitrogens with zero attached hydrogens (tertiary/aromatic N) is 2. The van der Waals surface area contributed by atoms with Gasteiger partial charge in [0.25, 0.3) is 0 Å². The number of ether oxygens (including phenoxy) is 1. The van der Waals surface area contributed by atoms with E-state index in [1.165, 1.54) is 6.92 Å². The van der Waals surface area contributed by atoms with Gasteiger partial charge in [-0.15, -0.1) is 0 Å². The van der Waals surface area contributed by atoms with Crippen LogP contribution in [0.25, 0.3) is 11.4 Å². The molecule has 0 aliphatic rings. The number of aromatic nitrogens is 2. The predicted octanol–water partition coefficient (Wildman–Crippen LogP) is 1.38. The van der Waals surface area contributed by atoms with Gasteiger partial charge in [-0.25, -0.2) is 0 Å². The number of benzene rings is 1. The molecule has 0 spiro atoms. The summed E-state index contributed by atoms with van der Waals surface area (Å²) < 4.78 is 10.1. The third-order valence-electron chi connectivity index (χ3n) is 2.30. The molecular formula is C12H13N3O3. The molecule has 0 unspecified atom stereocenters. The van der Waals surface area contributed by atoms with Crippen molar-refractivity contribution < 1.29 is 14.1 Å². The molecule has 0 fully saturated rings. The summed E-state index contributed by atoms with van der Waals surface area (Å²) in [4.78, 5) is 14.9. The van der Waals surface area contributed by atoms with Crippen LogP contribution in [0.15, 0.2) is 28.8 Å². The van der Waals surface area contributed by atoms with Crippen molar-refractivity contribution in [2.24, 2.45) is 0 Å². The molecule has 0 aliphatic heterocycles. The average molecular weight is 247 g/mol. The number of hydrogen-bond donors (Lipinski definition) is 1. The van der Waals surface area contributed by atoms with Gasteiger partial charge in [0.2, 0.25) is 17.6 Å². The lowest BCUT2D eigenvalue weighted by molar-refractivity contribution is -0.119. The molecule has 2 aromatic rings. The number of hydrogen-bond acceptors (Lipinski definition) is 5. The predicted molar refractivity (Wildman–Crippen MR) is 63.8 cm³/mol. The molecule has 1 aromatic heterocycles. The second-order valence-corrected chi connectivity index (χ2v) is 3.65. The van der Waals surface area contributed by atoms with Gasteiger partial charge < -0.3 is 14.6 Å². The second-order valence-electron chi connectivity index (χ2n) is 3.65. The fourth-order valence-electron chi connectivity index (χ4n) is 1.38. The van der Waals surface area contributed by atoms with Crippen LogP contribution in [-0.4, -0.2) is 23.2 Å². The highest BCUT2D eigenvalue weighted by Gasteiger charge is 2.08. The van der Waals surface area contributed by atoms with Crippen LogP contribution in [0.3, 0.4) is 0 Å². The molecule has 1 heterocycles. The maximum atomic E-state index is 10.7. The van der Waals surface area contributed by atoms with Crippen LogP contribution >= 0.6 is 0 Å². The average Bonchev–Trinajstić information content (AvgIpc) is 2.85. The van der Waals surface area contributed by atoms with Crippen LogP contribution in [0.4, 0.5) is 0 Å². The molecule has 1 amide bonds. The van der Waals surface area contributed by atoms with Gasteiger partial charge in [-0.2, -0.15) is 4.98 Å². The molecular weight excluding hydrogens is 234 g/mol. The zero-order valence-electron chi connectivity index (χ0n) is 10.1. The van der Waals surface area contributed by atoms with Crippen molar-refractivity contribution in [1.82, 2.24) is 15.5 Å². The molecule has 6 nitrogen and oxygen atoms in total. The monoisotopic (exact) mass is 247 g/mol. The van der Waals surface area contributed by atoms with Crippen molar-refractivity contribution in [2.45, 2.75) is 13.5 Å². The highest BCUT2D eigenvalue weighted by atomic mass is 16.5. The van der Waals surface area contributed by atoms with Gasteiger partial charge in [0.1, 0.15) is 5.75 Å². The van der Waals surface area contributed by atoms with Gasteiger partial charge in [0.15, 0.2) is 0 Å². The number of rotatable bonds is 4. The van der Waals surface area contributed by atoms with E-state index in [2.05, 4.69) is 15.5 Å². The van der Waals surface area contributed by atoms with Crippen molar-refractivity contribution in [1.29, 1.82) is 0 Å². The Hall–Kier alpha value is -2.37. The Morgan fingerprint density at radius 3 is 2.72 bits per heavy atom. The van der Waals surface area contributed by atoms with E-state index in [4.69, 9.17) is 9.26 Å². The maximum Gasteiger partial charge on any atom is 0.246 e. The summed E-state index contributed by atoms with van der Waals surface area (Å²) in [5.74, 6) is 1.48. The van der Waals surface area contributed by atoms with E-state index in [9.17, 15) is 4.79 Å². The highest BCUT2D eigenvalue weighted by Crippen LogP contribution is 2.19. The van der Waals surface area contributed by atoms with Gasteiger partial charge in [0, 0.05) is 12.5 Å². The van der Waals surface area contributed by atoms with Crippen LogP contribution in [0.5, 0.6) is 5.75 Å². The standard InChI is InChI=1S/C12H13N3O3/c1-8(16)13-7-11-14-12(15-18-11)9-3-5-10(17-2)6-4-9/h3-6H,7H2,1-2H3,(H,13,16). The van der Waals surface area contributed by atoms with Gasteiger partial charge in [-0.3, -0.25) is 4.79 Å². The number of methoxy groups -OCH3 is 1. The Bertz CT molecular complexity index is 534. The Kier molecular flexibility index (Phi) is 3.57. The first kappa shape index (κ1) is 12.1. The van der Waals surface area contributed by atoms with Gasteiger partial charge in [-0.1, -0.05) is 5.16 Å². The summed E-state index contributed by atoms with van der Waals surface area (Å²) in [7, 11) is 1.61. The fraction of sp³-hybridized carbons (Fsp3) is 0.250. The number of carbonyl (C=O) groups excluding carboxylic acids is 1. The smallest absolute Gasteiger partial charge is 0.246 e. The SMILES string of the molecule is COc1ccc(-c2noc(CNC(C)=O)n2)cc1. The molecule has 94 valence electrons. The summed E-state index contributed by atoms with van der Waals surface area (Å²) in [6.07, 6.45) is 0. The van der Waals surface area contributed by atoms with Gasteiger partial charge in [-0.05, 0) is 24.3 Å². The highest BCUT2D eigenvalue weighted by molar-refractivity contribution is 5.72. The first-order valence-corrected chi connectivity index (χ1v) is 5.40.